The predicted octanol–water partition coefficient (Wildman–Crippen LogP) is 5.77. The molecule has 2 aromatic heterocycles. The summed E-state index contributed by atoms with van der Waals surface area (Å²) in [6, 6.07) is 3.59. The fourth-order valence-electron chi connectivity index (χ4n) is 4.63. The van der Waals surface area contributed by atoms with E-state index >= 15 is 0 Å². The van der Waals surface area contributed by atoms with Gasteiger partial charge in [0.05, 0.1) is 23.2 Å². The van der Waals surface area contributed by atoms with Gasteiger partial charge in [-0.25, -0.2) is 26.9 Å². The molecule has 1 aliphatic heterocycles. The number of fused-ring (bicyclic) bond motifs is 1. The standard InChI is InChI=1S/C27H18F8N4O2.H2/c28-13-4-6-20(19(32)10-13)39-12-16(23(40)15-5-7-21(36-25(15)39)38-9-8-14(29)11-38)26(41)37-24(27(33,34)35)22-17(30)2-1-3-18(22)31;/h1-7,10,12,14,24H,8-9,11H2,(H,37,41);1H/t14-,24?;/m0./s1. The van der Waals surface area contributed by atoms with E-state index in [0.29, 0.717) is 24.4 Å². The van der Waals surface area contributed by atoms with Gasteiger partial charge >= 0.3 is 6.18 Å². The Labute approximate surface area is 227 Å². The second-order valence-corrected chi connectivity index (χ2v) is 9.29. The van der Waals surface area contributed by atoms with Crippen LogP contribution in [-0.4, -0.2) is 40.9 Å². The Balaban J connectivity index is 0.00000405. The van der Waals surface area contributed by atoms with Crippen LogP contribution >= 0.6 is 0 Å². The first-order valence-electron chi connectivity index (χ1n) is 12.1. The highest BCUT2D eigenvalue weighted by Crippen LogP contribution is 2.36. The summed E-state index contributed by atoms with van der Waals surface area (Å²) in [5.74, 6) is -6.80. The molecule has 1 fully saturated rings. The number of rotatable bonds is 5. The van der Waals surface area contributed by atoms with Gasteiger partial charge in [0, 0.05) is 20.2 Å². The number of anilines is 1. The first-order valence-corrected chi connectivity index (χ1v) is 12.1. The largest absolute Gasteiger partial charge is 0.413 e. The lowest BCUT2D eigenvalue weighted by atomic mass is 10.0. The van der Waals surface area contributed by atoms with E-state index in [-0.39, 0.29) is 37.8 Å². The Hall–Kier alpha value is -4.49. The summed E-state index contributed by atoms with van der Waals surface area (Å²) >= 11 is 0. The number of pyridine rings is 2. The average Bonchev–Trinajstić information content (AvgIpc) is 3.34. The third-order valence-corrected chi connectivity index (χ3v) is 6.60. The molecule has 0 saturated carbocycles. The van der Waals surface area contributed by atoms with E-state index < -0.39 is 69.8 Å². The number of nitrogens with one attached hydrogen (secondary N) is 1. The van der Waals surface area contributed by atoms with Crippen molar-refractivity contribution in [2.75, 3.05) is 18.0 Å². The van der Waals surface area contributed by atoms with Crippen LogP contribution in [-0.2, 0) is 0 Å². The number of halogens is 8. The lowest BCUT2D eigenvalue weighted by Crippen LogP contribution is -2.41. The molecule has 6 nitrogen and oxygen atoms in total. The second-order valence-electron chi connectivity index (χ2n) is 9.29. The molecule has 1 aliphatic rings. The zero-order valence-electron chi connectivity index (χ0n) is 20.7. The number of carbonyl (C=O) groups is 1. The topological polar surface area (TPSA) is 67.2 Å². The van der Waals surface area contributed by atoms with Crippen LogP contribution in [0.3, 0.4) is 0 Å². The quantitative estimate of drug-likeness (QED) is 0.303. The maximum atomic E-state index is 14.9. The highest BCUT2D eigenvalue weighted by Gasteiger charge is 2.45. The van der Waals surface area contributed by atoms with E-state index in [2.05, 4.69) is 4.98 Å². The molecular weight excluding hydrogens is 564 g/mol. The van der Waals surface area contributed by atoms with Crippen LogP contribution in [0, 0.1) is 23.3 Å². The van der Waals surface area contributed by atoms with Gasteiger partial charge < -0.3 is 10.2 Å². The van der Waals surface area contributed by atoms with Gasteiger partial charge in [0.25, 0.3) is 5.91 Å². The molecule has 2 atom stereocenters. The van der Waals surface area contributed by atoms with Gasteiger partial charge in [-0.05, 0) is 42.8 Å². The molecule has 2 aromatic carbocycles. The van der Waals surface area contributed by atoms with Gasteiger partial charge in [0.1, 0.15) is 40.8 Å². The van der Waals surface area contributed by atoms with Crippen molar-refractivity contribution in [1.82, 2.24) is 14.9 Å². The first-order chi connectivity index (χ1) is 19.3. The van der Waals surface area contributed by atoms with Crippen LogP contribution in [0.5, 0.6) is 0 Å². The zero-order chi connectivity index (χ0) is 29.6. The van der Waals surface area contributed by atoms with E-state index in [0.717, 1.165) is 22.8 Å². The molecule has 14 heteroatoms. The van der Waals surface area contributed by atoms with Crippen molar-refractivity contribution >= 4 is 22.8 Å². The van der Waals surface area contributed by atoms with Crippen LogP contribution in [0.1, 0.15) is 29.8 Å². The monoisotopic (exact) mass is 584 g/mol. The Kier molecular flexibility index (Phi) is 7.17. The fourth-order valence-corrected chi connectivity index (χ4v) is 4.63. The maximum absolute atomic E-state index is 14.9. The Morgan fingerprint density at radius 1 is 1.02 bits per heavy atom. The molecule has 41 heavy (non-hydrogen) atoms. The molecule has 0 radical (unpaired) electrons. The molecule has 1 N–H and O–H groups in total. The van der Waals surface area contributed by atoms with Crippen LogP contribution in [0.4, 0.5) is 40.9 Å². The Morgan fingerprint density at radius 2 is 1.73 bits per heavy atom. The van der Waals surface area contributed by atoms with Gasteiger partial charge in [-0.3, -0.25) is 14.2 Å². The fraction of sp³-hybridized carbons (Fsp3) is 0.222. The minimum atomic E-state index is -5.39. The molecule has 3 heterocycles. The molecule has 4 aromatic rings. The lowest BCUT2D eigenvalue weighted by Gasteiger charge is -2.23. The van der Waals surface area contributed by atoms with Crippen molar-refractivity contribution in [3.63, 3.8) is 0 Å². The number of amides is 1. The summed E-state index contributed by atoms with van der Waals surface area (Å²) in [4.78, 5) is 32.3. The van der Waals surface area contributed by atoms with Crippen LogP contribution in [0.15, 0.2) is 59.5 Å². The third kappa shape index (κ3) is 5.33. The molecule has 0 spiro atoms. The van der Waals surface area contributed by atoms with Crippen molar-refractivity contribution < 1.29 is 41.3 Å². The van der Waals surface area contributed by atoms with Crippen LogP contribution in [0.2, 0.25) is 0 Å². The number of carbonyl (C=O) groups excluding carboxylic acids is 1. The van der Waals surface area contributed by atoms with Gasteiger partial charge in [-0.2, -0.15) is 13.2 Å². The third-order valence-electron chi connectivity index (χ3n) is 6.60. The number of aromatic nitrogens is 2. The number of hydrogen-bond donors (Lipinski definition) is 1. The summed E-state index contributed by atoms with van der Waals surface area (Å²) < 4.78 is 113. The number of hydrogen-bond acceptors (Lipinski definition) is 4. The molecular formula is C27H20F8N4O2. The second kappa shape index (κ2) is 10.5. The summed E-state index contributed by atoms with van der Waals surface area (Å²) in [7, 11) is 0. The normalized spacial score (nSPS) is 16.3. The predicted molar refractivity (Wildman–Crippen MR) is 134 cm³/mol. The summed E-state index contributed by atoms with van der Waals surface area (Å²) in [5, 5.41) is 1.11. The lowest BCUT2D eigenvalue weighted by molar-refractivity contribution is -0.156. The molecule has 216 valence electrons. The Bertz CT molecular complexity index is 1710. The van der Waals surface area contributed by atoms with E-state index in [4.69, 9.17) is 0 Å². The average molecular weight is 584 g/mol. The van der Waals surface area contributed by atoms with Crippen molar-refractivity contribution in [2.24, 2.45) is 0 Å². The van der Waals surface area contributed by atoms with Crippen molar-refractivity contribution in [3.8, 4) is 5.69 Å². The van der Waals surface area contributed by atoms with Gasteiger partial charge in [-0.1, -0.05) is 6.07 Å². The van der Waals surface area contributed by atoms with E-state index in [1.165, 1.54) is 17.4 Å². The Morgan fingerprint density at radius 3 is 2.34 bits per heavy atom. The molecule has 1 saturated heterocycles. The van der Waals surface area contributed by atoms with Crippen molar-refractivity contribution in [1.29, 1.82) is 0 Å². The van der Waals surface area contributed by atoms with E-state index in [9.17, 15) is 44.7 Å². The number of nitrogens with zero attached hydrogens (tertiary/aromatic N) is 3. The smallest absolute Gasteiger partial charge is 0.354 e. The van der Waals surface area contributed by atoms with Crippen molar-refractivity contribution in [2.45, 2.75) is 24.8 Å². The van der Waals surface area contributed by atoms with E-state index in [1.54, 1.807) is 4.90 Å². The molecule has 0 aliphatic carbocycles. The molecule has 1 amide bonds. The minimum Gasteiger partial charge on any atom is -0.354 e. The number of benzene rings is 2. The maximum Gasteiger partial charge on any atom is 0.413 e. The summed E-state index contributed by atoms with van der Waals surface area (Å²) in [5.41, 5.74) is -4.26. The highest BCUT2D eigenvalue weighted by atomic mass is 19.4. The summed E-state index contributed by atoms with van der Waals surface area (Å²) in [6.45, 7) is 0.264. The zero-order valence-corrected chi connectivity index (χ0v) is 20.7. The van der Waals surface area contributed by atoms with Gasteiger partial charge in [0.2, 0.25) is 5.43 Å². The first kappa shape index (κ1) is 28.1. The van der Waals surface area contributed by atoms with Crippen LogP contribution < -0.4 is 15.6 Å². The number of alkyl halides is 4. The van der Waals surface area contributed by atoms with Gasteiger partial charge in [0.15, 0.2) is 11.7 Å². The van der Waals surface area contributed by atoms with Gasteiger partial charge in [-0.15, -0.1) is 0 Å². The molecule has 1 unspecified atom stereocenters. The molecule has 5 rings (SSSR count). The highest BCUT2D eigenvalue weighted by molar-refractivity contribution is 5.97. The van der Waals surface area contributed by atoms with Crippen LogP contribution in [0.25, 0.3) is 16.7 Å². The summed E-state index contributed by atoms with van der Waals surface area (Å²) in [6.07, 6.45) is -5.63. The van der Waals surface area contributed by atoms with E-state index in [1.807, 2.05) is 0 Å². The SMILES string of the molecule is O=C(NC(c1c(F)cccc1F)C(F)(F)F)c1cn(-c2ccc(F)cc2F)c2nc(N3CC[C@H](F)C3)ccc2c1=O.[HH]. The van der Waals surface area contributed by atoms with Crippen molar-refractivity contribution in [3.05, 3.63) is 99.3 Å². The molecule has 0 bridgehead atoms. The minimum absolute atomic E-state index is 0.